The highest BCUT2D eigenvalue weighted by molar-refractivity contribution is 14.1. The molecule has 0 spiro atoms. The second-order valence-corrected chi connectivity index (χ2v) is 5.63. The Bertz CT molecular complexity index is 702. The molecular weight excluding hydrogens is 353 g/mol. The summed E-state index contributed by atoms with van der Waals surface area (Å²) >= 11 is 2.26. The highest BCUT2D eigenvalue weighted by Gasteiger charge is 2.13. The molecule has 98 valence electrons. The van der Waals surface area contributed by atoms with Gasteiger partial charge in [-0.05, 0) is 35.7 Å². The number of fused-ring (bicyclic) bond motifs is 1. The number of para-hydroxylation sites is 1. The van der Waals surface area contributed by atoms with Crippen LogP contribution in [0.25, 0.3) is 11.0 Å². The summed E-state index contributed by atoms with van der Waals surface area (Å²) < 4.78 is 8.99. The summed E-state index contributed by atoms with van der Waals surface area (Å²) in [6, 6.07) is 8.14. The van der Waals surface area contributed by atoms with Gasteiger partial charge in [-0.15, -0.1) is 0 Å². The van der Waals surface area contributed by atoms with Crippen LogP contribution in [0.15, 0.2) is 41.1 Å². The average molecular weight is 367 g/mol. The van der Waals surface area contributed by atoms with E-state index in [1.807, 2.05) is 42.3 Å². The highest BCUT2D eigenvalue weighted by atomic mass is 127. The normalized spacial score (nSPS) is 11.3. The Balaban J connectivity index is 2.04. The maximum absolute atomic E-state index is 5.96. The van der Waals surface area contributed by atoms with Crippen LogP contribution < -0.4 is 5.32 Å². The molecule has 0 amide bonds. The zero-order valence-corrected chi connectivity index (χ0v) is 12.7. The number of hydrogen-bond donors (Lipinski definition) is 1. The first-order valence-electron chi connectivity index (χ1n) is 6.10. The van der Waals surface area contributed by atoms with Crippen LogP contribution in [0.3, 0.4) is 0 Å². The molecule has 0 bridgehead atoms. The van der Waals surface area contributed by atoms with Gasteiger partial charge in [0.1, 0.15) is 11.3 Å². The van der Waals surface area contributed by atoms with Crippen molar-refractivity contribution in [2.75, 3.05) is 7.05 Å². The van der Waals surface area contributed by atoms with E-state index in [1.165, 1.54) is 10.9 Å². The molecule has 4 nitrogen and oxygen atoms in total. The number of rotatable bonds is 4. The molecule has 2 heterocycles. The third kappa shape index (κ3) is 2.52. The molecule has 0 aliphatic carbocycles. The van der Waals surface area contributed by atoms with Gasteiger partial charge in [-0.1, -0.05) is 18.2 Å². The fourth-order valence-corrected chi connectivity index (χ4v) is 2.67. The van der Waals surface area contributed by atoms with Crippen molar-refractivity contribution in [3.05, 3.63) is 51.6 Å². The van der Waals surface area contributed by atoms with E-state index in [-0.39, 0.29) is 0 Å². The zero-order valence-electron chi connectivity index (χ0n) is 10.6. The highest BCUT2D eigenvalue weighted by Crippen LogP contribution is 2.26. The third-order valence-corrected chi connectivity index (χ3v) is 3.60. The topological polar surface area (TPSA) is 43.0 Å². The fourth-order valence-electron chi connectivity index (χ4n) is 2.22. The van der Waals surface area contributed by atoms with Crippen molar-refractivity contribution in [3.8, 4) is 0 Å². The number of hydrogen-bond acceptors (Lipinski definition) is 3. The minimum Gasteiger partial charge on any atom is -0.459 e. The second-order valence-electron chi connectivity index (χ2n) is 4.39. The molecule has 0 fully saturated rings. The van der Waals surface area contributed by atoms with Crippen LogP contribution in [0.1, 0.15) is 11.3 Å². The van der Waals surface area contributed by atoms with Crippen LogP contribution in [0.5, 0.6) is 0 Å². The smallest absolute Gasteiger partial charge is 0.134 e. The summed E-state index contributed by atoms with van der Waals surface area (Å²) in [5.74, 6) is 0.968. The zero-order chi connectivity index (χ0) is 13.2. The Morgan fingerprint density at radius 3 is 2.95 bits per heavy atom. The van der Waals surface area contributed by atoms with Crippen molar-refractivity contribution in [1.82, 2.24) is 15.1 Å². The lowest BCUT2D eigenvalue weighted by Gasteiger charge is -2.02. The fraction of sp³-hybridized carbons (Fsp3) is 0.214. The molecule has 0 saturated carbocycles. The number of aromatic nitrogens is 2. The Morgan fingerprint density at radius 2 is 2.21 bits per heavy atom. The number of furan rings is 1. The van der Waals surface area contributed by atoms with Gasteiger partial charge in [0.05, 0.1) is 16.3 Å². The predicted octanol–water partition coefficient (Wildman–Crippen LogP) is 3.00. The van der Waals surface area contributed by atoms with Gasteiger partial charge in [-0.3, -0.25) is 4.68 Å². The molecule has 2 aromatic heterocycles. The molecular formula is C14H14IN3O. The Labute approximate surface area is 124 Å². The first-order chi connectivity index (χ1) is 9.28. The van der Waals surface area contributed by atoms with E-state index in [0.717, 1.165) is 21.5 Å². The summed E-state index contributed by atoms with van der Waals surface area (Å²) in [4.78, 5) is 0. The largest absolute Gasteiger partial charge is 0.459 e. The molecule has 0 aliphatic heterocycles. The van der Waals surface area contributed by atoms with E-state index >= 15 is 0 Å². The SMILES string of the molecule is CNCc1c(Cn2cc(I)cn2)oc2ccccc12. The molecule has 0 saturated heterocycles. The predicted molar refractivity (Wildman–Crippen MR) is 83.0 cm³/mol. The Kier molecular flexibility index (Phi) is 3.56. The second kappa shape index (κ2) is 5.34. The molecule has 0 unspecified atom stereocenters. The molecule has 0 atom stereocenters. The number of nitrogens with one attached hydrogen (secondary N) is 1. The maximum atomic E-state index is 5.96. The van der Waals surface area contributed by atoms with Gasteiger partial charge in [-0.2, -0.15) is 5.10 Å². The summed E-state index contributed by atoms with van der Waals surface area (Å²) in [5, 5.41) is 8.69. The standard InChI is InChI=1S/C14H14IN3O/c1-16-7-12-11-4-2-3-5-13(11)19-14(12)9-18-8-10(15)6-17-18/h2-6,8,16H,7,9H2,1H3. The van der Waals surface area contributed by atoms with Crippen LogP contribution in [-0.2, 0) is 13.1 Å². The summed E-state index contributed by atoms with van der Waals surface area (Å²) in [6.45, 7) is 1.46. The third-order valence-electron chi connectivity index (χ3n) is 3.04. The van der Waals surface area contributed by atoms with Gasteiger partial charge in [0.15, 0.2) is 0 Å². The van der Waals surface area contributed by atoms with Gasteiger partial charge in [0.25, 0.3) is 0 Å². The van der Waals surface area contributed by atoms with E-state index in [2.05, 4.69) is 39.1 Å². The first kappa shape index (κ1) is 12.7. The lowest BCUT2D eigenvalue weighted by atomic mass is 10.1. The molecule has 1 aromatic carbocycles. The lowest BCUT2D eigenvalue weighted by Crippen LogP contribution is -2.08. The molecule has 3 aromatic rings. The molecule has 0 aliphatic rings. The monoisotopic (exact) mass is 367 g/mol. The van der Waals surface area contributed by atoms with Gasteiger partial charge < -0.3 is 9.73 Å². The van der Waals surface area contributed by atoms with Crippen LogP contribution in [0.4, 0.5) is 0 Å². The van der Waals surface area contributed by atoms with E-state index < -0.39 is 0 Å². The molecule has 5 heteroatoms. The summed E-state index contributed by atoms with van der Waals surface area (Å²) in [7, 11) is 1.95. The molecule has 19 heavy (non-hydrogen) atoms. The molecule has 1 N–H and O–H groups in total. The maximum Gasteiger partial charge on any atom is 0.134 e. The number of benzene rings is 1. The Morgan fingerprint density at radius 1 is 1.37 bits per heavy atom. The van der Waals surface area contributed by atoms with Crippen molar-refractivity contribution in [3.63, 3.8) is 0 Å². The van der Waals surface area contributed by atoms with Crippen molar-refractivity contribution >= 4 is 33.6 Å². The van der Waals surface area contributed by atoms with Gasteiger partial charge in [0, 0.05) is 23.7 Å². The van der Waals surface area contributed by atoms with Gasteiger partial charge in [0.2, 0.25) is 0 Å². The number of nitrogens with zero attached hydrogens (tertiary/aromatic N) is 2. The molecule has 3 rings (SSSR count). The minimum atomic E-state index is 0.661. The number of halogens is 1. The average Bonchev–Trinajstić information content (AvgIpc) is 2.96. The van der Waals surface area contributed by atoms with Gasteiger partial charge in [-0.25, -0.2) is 0 Å². The van der Waals surface area contributed by atoms with E-state index in [0.29, 0.717) is 6.54 Å². The summed E-state index contributed by atoms with van der Waals surface area (Å²) in [6.07, 6.45) is 3.86. The van der Waals surface area contributed by atoms with Crippen molar-refractivity contribution in [2.45, 2.75) is 13.1 Å². The van der Waals surface area contributed by atoms with Crippen LogP contribution >= 0.6 is 22.6 Å². The lowest BCUT2D eigenvalue weighted by molar-refractivity contribution is 0.501. The Hall–Kier alpha value is -1.34. The quantitative estimate of drug-likeness (QED) is 0.721. The molecule has 0 radical (unpaired) electrons. The first-order valence-corrected chi connectivity index (χ1v) is 7.17. The van der Waals surface area contributed by atoms with Crippen molar-refractivity contribution < 1.29 is 4.42 Å². The van der Waals surface area contributed by atoms with Crippen molar-refractivity contribution in [1.29, 1.82) is 0 Å². The van der Waals surface area contributed by atoms with Gasteiger partial charge >= 0.3 is 0 Å². The van der Waals surface area contributed by atoms with E-state index in [9.17, 15) is 0 Å². The van der Waals surface area contributed by atoms with E-state index in [4.69, 9.17) is 4.42 Å². The van der Waals surface area contributed by atoms with E-state index in [1.54, 1.807) is 0 Å². The van der Waals surface area contributed by atoms with Crippen LogP contribution in [0.2, 0.25) is 0 Å². The minimum absolute atomic E-state index is 0.661. The summed E-state index contributed by atoms with van der Waals surface area (Å²) in [5.41, 5.74) is 2.15. The van der Waals surface area contributed by atoms with Crippen LogP contribution in [-0.4, -0.2) is 16.8 Å². The van der Waals surface area contributed by atoms with Crippen LogP contribution in [0, 0.1) is 3.57 Å². The van der Waals surface area contributed by atoms with Crippen molar-refractivity contribution in [2.24, 2.45) is 0 Å².